The number of halogens is 3. The zero-order valence-electron chi connectivity index (χ0n) is 10.4. The molecule has 106 valence electrons. The molecule has 8 heteroatoms. The number of nitrogens with zero attached hydrogens (tertiary/aromatic N) is 2. The number of hydrogen-bond donors (Lipinski definition) is 1. The monoisotopic (exact) mass is 345 g/mol. The molecule has 20 heavy (non-hydrogen) atoms. The number of ether oxygens (including phenoxy) is 1. The summed E-state index contributed by atoms with van der Waals surface area (Å²) >= 11 is 2.87. The predicted octanol–water partition coefficient (Wildman–Crippen LogP) is 2.67. The summed E-state index contributed by atoms with van der Waals surface area (Å²) < 4.78 is 33.2. The van der Waals surface area contributed by atoms with Gasteiger partial charge < -0.3 is 10.5 Å². The minimum atomic E-state index is -0.721. The van der Waals surface area contributed by atoms with Crippen LogP contribution in [-0.2, 0) is 4.74 Å². The molecule has 1 aromatic heterocycles. The van der Waals surface area contributed by atoms with Crippen molar-refractivity contribution >= 4 is 27.7 Å². The van der Waals surface area contributed by atoms with Gasteiger partial charge in [-0.25, -0.2) is 18.6 Å². The van der Waals surface area contributed by atoms with E-state index >= 15 is 0 Å². The molecule has 0 aliphatic heterocycles. The summed E-state index contributed by atoms with van der Waals surface area (Å²) in [6.45, 7) is 1.79. The minimum Gasteiger partial charge on any atom is -0.461 e. The standard InChI is InChI=1S/C12H10BrF2N3O2/c1-2-20-12(19)10-11(16)18(5-17-10)9-4-7(14)6(13)3-8(9)15/h3-5H,2,16H2,1H3. The first-order valence-corrected chi connectivity index (χ1v) is 6.39. The average molecular weight is 346 g/mol. The second kappa shape index (κ2) is 5.58. The minimum absolute atomic E-state index is 0.0111. The molecule has 0 aliphatic rings. The fourth-order valence-corrected chi connectivity index (χ4v) is 1.92. The molecule has 0 radical (unpaired) electrons. The highest BCUT2D eigenvalue weighted by Gasteiger charge is 2.20. The van der Waals surface area contributed by atoms with Crippen LogP contribution in [0.5, 0.6) is 0 Å². The van der Waals surface area contributed by atoms with Crippen molar-refractivity contribution in [3.63, 3.8) is 0 Å². The van der Waals surface area contributed by atoms with Crippen LogP contribution in [0, 0.1) is 11.6 Å². The SMILES string of the molecule is CCOC(=O)c1ncn(-c2cc(F)c(Br)cc2F)c1N. The van der Waals surface area contributed by atoms with E-state index in [9.17, 15) is 13.6 Å². The van der Waals surface area contributed by atoms with Crippen LogP contribution in [0.25, 0.3) is 5.69 Å². The highest BCUT2D eigenvalue weighted by Crippen LogP contribution is 2.25. The maximum atomic E-state index is 13.8. The summed E-state index contributed by atoms with van der Waals surface area (Å²) in [7, 11) is 0. The van der Waals surface area contributed by atoms with Crippen molar-refractivity contribution in [3.05, 3.63) is 40.3 Å². The molecule has 0 atom stereocenters. The van der Waals surface area contributed by atoms with Crippen LogP contribution in [0.3, 0.4) is 0 Å². The van der Waals surface area contributed by atoms with Crippen LogP contribution in [-0.4, -0.2) is 22.1 Å². The Balaban J connectivity index is 2.50. The Morgan fingerprint density at radius 1 is 1.45 bits per heavy atom. The van der Waals surface area contributed by atoms with Gasteiger partial charge in [-0.05, 0) is 28.9 Å². The van der Waals surface area contributed by atoms with Crippen molar-refractivity contribution in [2.24, 2.45) is 0 Å². The van der Waals surface area contributed by atoms with E-state index in [2.05, 4.69) is 20.9 Å². The topological polar surface area (TPSA) is 70.1 Å². The van der Waals surface area contributed by atoms with Crippen molar-refractivity contribution in [2.75, 3.05) is 12.3 Å². The molecule has 0 bridgehead atoms. The number of aromatic nitrogens is 2. The molecule has 2 rings (SSSR count). The lowest BCUT2D eigenvalue weighted by Crippen LogP contribution is -2.10. The molecular formula is C12H10BrF2N3O2. The fraction of sp³-hybridized carbons (Fsp3) is 0.167. The van der Waals surface area contributed by atoms with Gasteiger partial charge in [0.25, 0.3) is 0 Å². The van der Waals surface area contributed by atoms with E-state index in [1.54, 1.807) is 6.92 Å². The van der Waals surface area contributed by atoms with Gasteiger partial charge in [-0.1, -0.05) is 0 Å². The number of hydrogen-bond acceptors (Lipinski definition) is 4. The largest absolute Gasteiger partial charge is 0.461 e. The Morgan fingerprint density at radius 3 is 2.80 bits per heavy atom. The van der Waals surface area contributed by atoms with Gasteiger partial charge in [0.15, 0.2) is 5.69 Å². The lowest BCUT2D eigenvalue weighted by Gasteiger charge is -2.08. The van der Waals surface area contributed by atoms with Crippen LogP contribution in [0.2, 0.25) is 0 Å². The van der Waals surface area contributed by atoms with E-state index in [0.29, 0.717) is 0 Å². The number of benzene rings is 1. The van der Waals surface area contributed by atoms with E-state index in [-0.39, 0.29) is 28.3 Å². The molecule has 0 unspecified atom stereocenters. The molecule has 1 heterocycles. The highest BCUT2D eigenvalue weighted by atomic mass is 79.9. The summed E-state index contributed by atoms with van der Waals surface area (Å²) in [5.41, 5.74) is 5.43. The number of nitrogen functional groups attached to an aromatic ring is 1. The van der Waals surface area contributed by atoms with Gasteiger partial charge >= 0.3 is 5.97 Å². The third kappa shape index (κ3) is 2.51. The van der Waals surface area contributed by atoms with Crippen LogP contribution < -0.4 is 5.73 Å². The lowest BCUT2D eigenvalue weighted by atomic mass is 10.3. The third-order valence-corrected chi connectivity index (χ3v) is 3.13. The van der Waals surface area contributed by atoms with Gasteiger partial charge in [0.1, 0.15) is 23.8 Å². The number of anilines is 1. The van der Waals surface area contributed by atoms with Crippen LogP contribution >= 0.6 is 15.9 Å². The van der Waals surface area contributed by atoms with Gasteiger partial charge in [-0.3, -0.25) is 4.57 Å². The van der Waals surface area contributed by atoms with E-state index < -0.39 is 17.6 Å². The van der Waals surface area contributed by atoms with E-state index in [4.69, 9.17) is 10.5 Å². The van der Waals surface area contributed by atoms with E-state index in [1.807, 2.05) is 0 Å². The van der Waals surface area contributed by atoms with Crippen LogP contribution in [0.15, 0.2) is 22.9 Å². The average Bonchev–Trinajstić information content (AvgIpc) is 2.76. The first kappa shape index (κ1) is 14.4. The summed E-state index contributed by atoms with van der Waals surface area (Å²) in [5, 5.41) is 0. The normalized spacial score (nSPS) is 10.6. The summed E-state index contributed by atoms with van der Waals surface area (Å²) in [5.74, 6) is -2.21. The Bertz CT molecular complexity index is 673. The van der Waals surface area contributed by atoms with E-state index in [0.717, 1.165) is 23.0 Å². The first-order valence-electron chi connectivity index (χ1n) is 5.60. The van der Waals surface area contributed by atoms with Gasteiger partial charge in [0.05, 0.1) is 16.8 Å². The lowest BCUT2D eigenvalue weighted by molar-refractivity contribution is 0.0521. The molecule has 0 fully saturated rings. The van der Waals surface area contributed by atoms with Gasteiger partial charge in [-0.15, -0.1) is 0 Å². The maximum Gasteiger partial charge on any atom is 0.360 e. The molecule has 2 aromatic rings. The van der Waals surface area contributed by atoms with E-state index in [1.165, 1.54) is 0 Å². The Morgan fingerprint density at radius 2 is 2.15 bits per heavy atom. The van der Waals surface area contributed by atoms with Gasteiger partial charge in [0, 0.05) is 6.07 Å². The molecular weight excluding hydrogens is 336 g/mol. The Hall–Kier alpha value is -1.96. The van der Waals surface area contributed by atoms with Crippen LogP contribution in [0.1, 0.15) is 17.4 Å². The third-order valence-electron chi connectivity index (χ3n) is 2.52. The van der Waals surface area contributed by atoms with Gasteiger partial charge in [-0.2, -0.15) is 0 Å². The number of nitrogens with two attached hydrogens (primary N) is 1. The maximum absolute atomic E-state index is 13.8. The second-order valence-electron chi connectivity index (χ2n) is 3.79. The molecule has 0 amide bonds. The fourth-order valence-electron chi connectivity index (χ4n) is 1.60. The van der Waals surface area contributed by atoms with Crippen LogP contribution in [0.4, 0.5) is 14.6 Å². The molecule has 0 spiro atoms. The van der Waals surface area contributed by atoms with Crippen molar-refractivity contribution in [2.45, 2.75) is 6.92 Å². The molecule has 1 aromatic carbocycles. The summed E-state index contributed by atoms with van der Waals surface area (Å²) in [4.78, 5) is 15.3. The number of rotatable bonds is 3. The van der Waals surface area contributed by atoms with Gasteiger partial charge in [0.2, 0.25) is 0 Å². The summed E-state index contributed by atoms with van der Waals surface area (Å²) in [6.07, 6.45) is 1.13. The number of carbonyl (C=O) groups excluding carboxylic acids is 1. The molecule has 2 N–H and O–H groups in total. The predicted molar refractivity (Wildman–Crippen MR) is 71.5 cm³/mol. The van der Waals surface area contributed by atoms with Crippen molar-refractivity contribution in [1.29, 1.82) is 0 Å². The van der Waals surface area contributed by atoms with Crippen molar-refractivity contribution in [3.8, 4) is 5.69 Å². The zero-order valence-corrected chi connectivity index (χ0v) is 11.9. The Kier molecular flexibility index (Phi) is 4.03. The molecule has 0 saturated carbocycles. The number of imidazole rings is 1. The second-order valence-corrected chi connectivity index (χ2v) is 4.64. The molecule has 0 aliphatic carbocycles. The molecule has 0 saturated heterocycles. The van der Waals surface area contributed by atoms with Crippen molar-refractivity contribution < 1.29 is 18.3 Å². The smallest absolute Gasteiger partial charge is 0.360 e. The first-order chi connectivity index (χ1) is 9.45. The van der Waals surface area contributed by atoms with Crippen molar-refractivity contribution in [1.82, 2.24) is 9.55 Å². The number of carbonyl (C=O) groups is 1. The Labute approximate surface area is 121 Å². The quantitative estimate of drug-likeness (QED) is 0.685. The summed E-state index contributed by atoms with van der Waals surface area (Å²) in [6, 6.07) is 1.92. The zero-order chi connectivity index (χ0) is 14.9. The molecule has 5 nitrogen and oxygen atoms in total. The highest BCUT2D eigenvalue weighted by molar-refractivity contribution is 9.10. The number of esters is 1.